The second kappa shape index (κ2) is 7.99. The van der Waals surface area contributed by atoms with Gasteiger partial charge in [-0.2, -0.15) is 0 Å². The summed E-state index contributed by atoms with van der Waals surface area (Å²) in [5.74, 6) is 0. The van der Waals surface area contributed by atoms with E-state index in [1.165, 1.54) is 11.8 Å². The van der Waals surface area contributed by atoms with Crippen molar-refractivity contribution in [1.29, 1.82) is 5.41 Å². The van der Waals surface area contributed by atoms with Crippen molar-refractivity contribution in [2.24, 2.45) is 0 Å². The van der Waals surface area contributed by atoms with Crippen molar-refractivity contribution >= 4 is 6.21 Å². The first-order valence-electron chi connectivity index (χ1n) is 4.52. The molecule has 0 fully saturated rings. The molecule has 0 radical (unpaired) electrons. The summed E-state index contributed by atoms with van der Waals surface area (Å²) in [5.41, 5.74) is 2.24. The molecule has 74 valence electrons. The summed E-state index contributed by atoms with van der Waals surface area (Å²) in [6.07, 6.45) is 14.6. The minimum atomic E-state index is 0. The summed E-state index contributed by atoms with van der Waals surface area (Å²) in [7, 11) is 0. The van der Waals surface area contributed by atoms with Crippen LogP contribution in [-0.2, 0) is 0 Å². The Hall–Kier alpha value is -1.63. The number of hydrogen-bond acceptors (Lipinski definition) is 1. The Morgan fingerprint density at radius 1 is 1.07 bits per heavy atom. The zero-order valence-electron chi connectivity index (χ0n) is 9.83. The lowest BCUT2D eigenvalue weighted by Gasteiger charge is -1.88. The van der Waals surface area contributed by atoms with Crippen LogP contribution in [0.1, 0.15) is 15.3 Å². The van der Waals surface area contributed by atoms with Gasteiger partial charge in [0.1, 0.15) is 0 Å². The molecule has 0 heterocycles. The van der Waals surface area contributed by atoms with Gasteiger partial charge in [-0.15, -0.1) is 0 Å². The van der Waals surface area contributed by atoms with Gasteiger partial charge >= 0.3 is 1.43 Å². The van der Waals surface area contributed by atoms with Crippen molar-refractivity contribution in [1.82, 2.24) is 0 Å². The van der Waals surface area contributed by atoms with Crippen molar-refractivity contribution < 1.29 is 1.43 Å². The van der Waals surface area contributed by atoms with Gasteiger partial charge in [0.25, 0.3) is 0 Å². The highest BCUT2D eigenvalue weighted by atomic mass is 14.3. The van der Waals surface area contributed by atoms with E-state index < -0.39 is 0 Å². The Kier molecular flexibility index (Phi) is 7.06. The smallest absolute Gasteiger partial charge is 0.309 e. The molecular formula is C13H18N+. The molecule has 0 amide bonds. The van der Waals surface area contributed by atoms with Gasteiger partial charge in [0.15, 0.2) is 0 Å². The highest BCUT2D eigenvalue weighted by molar-refractivity contribution is 5.69. The molecular weight excluding hydrogens is 170 g/mol. The molecule has 0 aliphatic rings. The van der Waals surface area contributed by atoms with Crippen molar-refractivity contribution in [3.05, 3.63) is 60.3 Å². The van der Waals surface area contributed by atoms with Gasteiger partial charge < -0.3 is 5.41 Å². The second-order valence-corrected chi connectivity index (χ2v) is 2.94. The number of hydrogen-bond donors (Lipinski definition) is 1. The number of rotatable bonds is 5. The summed E-state index contributed by atoms with van der Waals surface area (Å²) in [6.45, 7) is 7.59. The normalized spacial score (nSPS) is 13.9. The van der Waals surface area contributed by atoms with Gasteiger partial charge in [-0.05, 0) is 25.5 Å². The second-order valence-electron chi connectivity index (χ2n) is 2.94. The molecule has 1 N–H and O–H groups in total. The standard InChI is InChI=1S/C13H17N/c1-4-5-7-12(2)8-6-9-13(3)10-11-14/h4-11,14H,1H2,2-3H3/p+1/b7-5+,9-6-,12-8+,13-10+,14-11?. The quantitative estimate of drug-likeness (QED) is 0.499. The zero-order chi connectivity index (χ0) is 10.8. The Morgan fingerprint density at radius 2 is 1.64 bits per heavy atom. The third-order valence-corrected chi connectivity index (χ3v) is 1.56. The summed E-state index contributed by atoms with van der Waals surface area (Å²) in [4.78, 5) is 0. The summed E-state index contributed by atoms with van der Waals surface area (Å²) < 4.78 is 0. The Labute approximate surface area is 87.8 Å². The molecule has 0 aromatic heterocycles. The molecule has 0 aliphatic heterocycles. The Morgan fingerprint density at radius 3 is 2.21 bits per heavy atom. The molecule has 0 bridgehead atoms. The van der Waals surface area contributed by atoms with Gasteiger partial charge in [-0.25, -0.2) is 0 Å². The summed E-state index contributed by atoms with van der Waals surface area (Å²) in [6, 6.07) is 0. The van der Waals surface area contributed by atoms with E-state index >= 15 is 0 Å². The van der Waals surface area contributed by atoms with E-state index in [9.17, 15) is 0 Å². The van der Waals surface area contributed by atoms with Gasteiger partial charge in [-0.3, -0.25) is 0 Å². The van der Waals surface area contributed by atoms with Crippen LogP contribution in [0, 0.1) is 5.41 Å². The van der Waals surface area contributed by atoms with Gasteiger partial charge in [0.05, 0.1) is 0 Å². The molecule has 0 saturated heterocycles. The third-order valence-electron chi connectivity index (χ3n) is 1.56. The fourth-order valence-electron chi connectivity index (χ4n) is 0.814. The molecule has 1 nitrogen and oxygen atoms in total. The average molecular weight is 188 g/mol. The fraction of sp³-hybridized carbons (Fsp3) is 0.154. The van der Waals surface area contributed by atoms with Crippen LogP contribution in [0.2, 0.25) is 0 Å². The van der Waals surface area contributed by atoms with Crippen molar-refractivity contribution in [2.75, 3.05) is 0 Å². The first-order chi connectivity index (χ1) is 6.70. The van der Waals surface area contributed by atoms with Crippen LogP contribution in [0.25, 0.3) is 0 Å². The van der Waals surface area contributed by atoms with Crippen LogP contribution >= 0.6 is 0 Å². The minimum Gasteiger partial charge on any atom is -0.309 e. The van der Waals surface area contributed by atoms with Gasteiger partial charge in [0.2, 0.25) is 0 Å². The van der Waals surface area contributed by atoms with Crippen LogP contribution in [0.5, 0.6) is 0 Å². The SMILES string of the molecule is C=C/C=C/C(C)=C/C=C\C(C)=C\C=N.[H+]. The zero-order valence-corrected chi connectivity index (χ0v) is 8.83. The lowest BCUT2D eigenvalue weighted by atomic mass is 10.2. The largest absolute Gasteiger partial charge is 1.00 e. The van der Waals surface area contributed by atoms with E-state index in [0.717, 1.165) is 5.57 Å². The van der Waals surface area contributed by atoms with E-state index in [2.05, 4.69) is 6.58 Å². The maximum Gasteiger partial charge on any atom is 1.00 e. The molecule has 0 spiro atoms. The minimum absolute atomic E-state index is 0. The predicted octanol–water partition coefficient (Wildman–Crippen LogP) is 3.94. The average Bonchev–Trinajstić information content (AvgIpc) is 2.15. The van der Waals surface area contributed by atoms with Crippen molar-refractivity contribution in [3.63, 3.8) is 0 Å². The van der Waals surface area contributed by atoms with E-state index in [-0.39, 0.29) is 1.43 Å². The lowest BCUT2D eigenvalue weighted by molar-refractivity contribution is 1.49. The van der Waals surface area contributed by atoms with Crippen molar-refractivity contribution in [2.45, 2.75) is 13.8 Å². The maximum absolute atomic E-state index is 6.87. The summed E-state index contributed by atoms with van der Waals surface area (Å²) >= 11 is 0. The molecule has 0 unspecified atom stereocenters. The molecule has 14 heavy (non-hydrogen) atoms. The topological polar surface area (TPSA) is 23.9 Å². The Bertz CT molecular complexity index is 306. The van der Waals surface area contributed by atoms with Gasteiger partial charge in [0, 0.05) is 6.21 Å². The molecule has 1 heteroatoms. The summed E-state index contributed by atoms with van der Waals surface area (Å²) in [5, 5.41) is 6.87. The van der Waals surface area contributed by atoms with Crippen LogP contribution in [0.3, 0.4) is 0 Å². The van der Waals surface area contributed by atoms with Crippen LogP contribution < -0.4 is 0 Å². The molecule has 0 aromatic rings. The van der Waals surface area contributed by atoms with Crippen LogP contribution in [0.4, 0.5) is 0 Å². The Balaban J connectivity index is 0. The van der Waals surface area contributed by atoms with E-state index in [4.69, 9.17) is 5.41 Å². The highest BCUT2D eigenvalue weighted by Crippen LogP contribution is 1.98. The lowest BCUT2D eigenvalue weighted by Crippen LogP contribution is -1.69. The maximum atomic E-state index is 6.87. The van der Waals surface area contributed by atoms with E-state index in [0.29, 0.717) is 0 Å². The number of allylic oxidation sites excluding steroid dienone is 9. The molecule has 0 saturated carbocycles. The predicted molar refractivity (Wildman–Crippen MR) is 65.9 cm³/mol. The molecule has 0 aromatic carbocycles. The fourth-order valence-corrected chi connectivity index (χ4v) is 0.814. The first kappa shape index (κ1) is 12.4. The highest BCUT2D eigenvalue weighted by Gasteiger charge is 1.78. The molecule has 0 aliphatic carbocycles. The van der Waals surface area contributed by atoms with Crippen LogP contribution in [-0.4, -0.2) is 6.21 Å². The van der Waals surface area contributed by atoms with Crippen molar-refractivity contribution in [3.8, 4) is 0 Å². The molecule has 0 atom stereocenters. The van der Waals surface area contributed by atoms with E-state index in [1.54, 1.807) is 12.2 Å². The monoisotopic (exact) mass is 188 g/mol. The van der Waals surface area contributed by atoms with E-state index in [1.807, 2.05) is 44.2 Å². The third kappa shape index (κ3) is 7.04. The molecule has 0 rings (SSSR count). The number of nitrogens with one attached hydrogen (secondary N) is 1. The van der Waals surface area contributed by atoms with Crippen LogP contribution in [0.15, 0.2) is 60.3 Å². The first-order valence-corrected chi connectivity index (χ1v) is 4.52. The van der Waals surface area contributed by atoms with Gasteiger partial charge in [-0.1, -0.05) is 48.6 Å².